The Morgan fingerprint density at radius 2 is 2.14 bits per heavy atom. The largest absolute Gasteiger partial charge is 0.370 e. The first-order valence-electron chi connectivity index (χ1n) is 5.09. The minimum Gasteiger partial charge on any atom is -0.370 e. The average Bonchev–Trinajstić information content (AvgIpc) is 2.14. The molecule has 0 aliphatic rings. The number of carbonyl (C=O) groups excluding carboxylic acids is 1. The second-order valence-corrected chi connectivity index (χ2v) is 3.84. The third-order valence-electron chi connectivity index (χ3n) is 1.96. The van der Waals surface area contributed by atoms with Gasteiger partial charge in [0, 0.05) is 20.1 Å². The lowest BCUT2D eigenvalue weighted by molar-refractivity contribution is -0.134. The summed E-state index contributed by atoms with van der Waals surface area (Å²) in [6.45, 7) is 6.13. The highest BCUT2D eigenvalue weighted by Gasteiger charge is 2.08. The number of carbonyl (C=O) groups is 1. The van der Waals surface area contributed by atoms with Gasteiger partial charge >= 0.3 is 0 Å². The molecule has 0 fully saturated rings. The average molecular weight is 202 g/mol. The van der Waals surface area contributed by atoms with Crippen LogP contribution >= 0.6 is 0 Å². The van der Waals surface area contributed by atoms with Crippen molar-refractivity contribution in [2.24, 2.45) is 11.7 Å². The van der Waals surface area contributed by atoms with Gasteiger partial charge in [0.05, 0.1) is 6.61 Å². The van der Waals surface area contributed by atoms with Crippen molar-refractivity contribution >= 4 is 5.91 Å². The summed E-state index contributed by atoms with van der Waals surface area (Å²) in [5.41, 5.74) is 5.24. The van der Waals surface area contributed by atoms with Crippen molar-refractivity contribution in [3.63, 3.8) is 0 Å². The second-order valence-electron chi connectivity index (χ2n) is 3.84. The lowest BCUT2D eigenvalue weighted by Crippen LogP contribution is -2.32. The first kappa shape index (κ1) is 13.4. The maximum atomic E-state index is 11.4. The van der Waals surface area contributed by atoms with Gasteiger partial charge in [-0.05, 0) is 12.3 Å². The smallest absolute Gasteiger partial charge is 0.248 e. The number of hydrogen-bond acceptors (Lipinski definition) is 3. The number of nitrogens with two attached hydrogens (primary N) is 1. The molecule has 4 nitrogen and oxygen atoms in total. The Hall–Kier alpha value is -0.610. The first-order chi connectivity index (χ1) is 6.57. The zero-order chi connectivity index (χ0) is 11.0. The van der Waals surface area contributed by atoms with E-state index in [1.165, 1.54) is 0 Å². The van der Waals surface area contributed by atoms with Gasteiger partial charge in [0.15, 0.2) is 0 Å². The highest BCUT2D eigenvalue weighted by Crippen LogP contribution is 2.00. The Labute approximate surface area is 86.4 Å². The van der Waals surface area contributed by atoms with Gasteiger partial charge in [-0.25, -0.2) is 0 Å². The summed E-state index contributed by atoms with van der Waals surface area (Å²) in [6, 6.07) is 0. The lowest BCUT2D eigenvalue weighted by atomic mass is 10.1. The number of ether oxygens (including phenoxy) is 1. The molecule has 1 amide bonds. The fourth-order valence-corrected chi connectivity index (χ4v) is 0.930. The van der Waals surface area contributed by atoms with Crippen molar-refractivity contribution in [1.29, 1.82) is 0 Å². The number of likely N-dealkylation sites (N-methyl/N-ethyl adjacent to an activating group) is 1. The quantitative estimate of drug-likeness (QED) is 0.610. The highest BCUT2D eigenvalue weighted by molar-refractivity contribution is 5.77. The molecule has 0 aliphatic heterocycles. The molecule has 0 bridgehead atoms. The van der Waals surface area contributed by atoms with Crippen molar-refractivity contribution in [3.05, 3.63) is 0 Å². The summed E-state index contributed by atoms with van der Waals surface area (Å²) in [5, 5.41) is 0. The van der Waals surface area contributed by atoms with Crippen molar-refractivity contribution in [2.45, 2.75) is 20.3 Å². The van der Waals surface area contributed by atoms with Crippen LogP contribution in [0.1, 0.15) is 20.3 Å². The van der Waals surface area contributed by atoms with Crippen LogP contribution < -0.4 is 5.73 Å². The van der Waals surface area contributed by atoms with E-state index in [4.69, 9.17) is 10.5 Å². The van der Waals surface area contributed by atoms with E-state index in [0.717, 1.165) is 13.0 Å². The number of amides is 1. The first-order valence-corrected chi connectivity index (χ1v) is 5.09. The second kappa shape index (κ2) is 7.76. The Morgan fingerprint density at radius 1 is 1.50 bits per heavy atom. The molecule has 14 heavy (non-hydrogen) atoms. The van der Waals surface area contributed by atoms with Crippen LogP contribution in [0.4, 0.5) is 0 Å². The van der Waals surface area contributed by atoms with E-state index in [1.807, 2.05) is 0 Å². The molecule has 4 heteroatoms. The van der Waals surface area contributed by atoms with Crippen molar-refractivity contribution in [3.8, 4) is 0 Å². The SMILES string of the molecule is CC(C)CCN(C)C(=O)COCCN. The van der Waals surface area contributed by atoms with Crippen molar-refractivity contribution in [1.82, 2.24) is 4.90 Å². The third kappa shape index (κ3) is 6.86. The van der Waals surface area contributed by atoms with Gasteiger partial charge < -0.3 is 15.4 Å². The van der Waals surface area contributed by atoms with E-state index in [1.54, 1.807) is 11.9 Å². The molecule has 0 aromatic heterocycles. The highest BCUT2D eigenvalue weighted by atomic mass is 16.5. The topological polar surface area (TPSA) is 55.6 Å². The van der Waals surface area contributed by atoms with Crippen LogP contribution in [0.25, 0.3) is 0 Å². The van der Waals surface area contributed by atoms with E-state index < -0.39 is 0 Å². The molecule has 0 heterocycles. The molecule has 0 unspecified atom stereocenters. The molecule has 84 valence electrons. The molecule has 0 saturated heterocycles. The minimum absolute atomic E-state index is 0.0269. The molecular formula is C10H22N2O2. The Kier molecular flexibility index (Phi) is 7.42. The fourth-order valence-electron chi connectivity index (χ4n) is 0.930. The normalized spacial score (nSPS) is 10.6. The summed E-state index contributed by atoms with van der Waals surface area (Å²) >= 11 is 0. The van der Waals surface area contributed by atoms with E-state index in [0.29, 0.717) is 19.1 Å². The molecule has 2 N–H and O–H groups in total. The van der Waals surface area contributed by atoms with Gasteiger partial charge in [0.2, 0.25) is 5.91 Å². The van der Waals surface area contributed by atoms with Crippen LogP contribution in [0, 0.1) is 5.92 Å². The number of nitrogens with zero attached hydrogens (tertiary/aromatic N) is 1. The minimum atomic E-state index is 0.0269. The summed E-state index contributed by atoms with van der Waals surface area (Å²) in [4.78, 5) is 13.1. The molecule has 0 radical (unpaired) electrons. The summed E-state index contributed by atoms with van der Waals surface area (Å²) < 4.78 is 5.06. The van der Waals surface area contributed by atoms with E-state index >= 15 is 0 Å². The lowest BCUT2D eigenvalue weighted by Gasteiger charge is -2.18. The molecule has 0 rings (SSSR count). The van der Waals surface area contributed by atoms with E-state index in [2.05, 4.69) is 13.8 Å². The molecule has 0 aliphatic carbocycles. The van der Waals surface area contributed by atoms with Gasteiger partial charge in [-0.1, -0.05) is 13.8 Å². The van der Waals surface area contributed by atoms with Gasteiger partial charge in [0.25, 0.3) is 0 Å². The van der Waals surface area contributed by atoms with Crippen LogP contribution in [0.2, 0.25) is 0 Å². The van der Waals surface area contributed by atoms with Crippen molar-refractivity contribution < 1.29 is 9.53 Å². The number of hydrogen-bond donors (Lipinski definition) is 1. The van der Waals surface area contributed by atoms with Crippen LogP contribution in [0.3, 0.4) is 0 Å². The maximum Gasteiger partial charge on any atom is 0.248 e. The molecule has 0 saturated carbocycles. The van der Waals surface area contributed by atoms with Crippen LogP contribution in [0.5, 0.6) is 0 Å². The van der Waals surface area contributed by atoms with Gasteiger partial charge in [-0.3, -0.25) is 4.79 Å². The Morgan fingerprint density at radius 3 is 2.64 bits per heavy atom. The van der Waals surface area contributed by atoms with Gasteiger partial charge in [-0.15, -0.1) is 0 Å². The predicted octanol–water partition coefficient (Wildman–Crippen LogP) is 0.466. The maximum absolute atomic E-state index is 11.4. The zero-order valence-electron chi connectivity index (χ0n) is 9.45. The molecular weight excluding hydrogens is 180 g/mol. The summed E-state index contributed by atoms with van der Waals surface area (Å²) in [6.07, 6.45) is 1.03. The summed E-state index contributed by atoms with van der Waals surface area (Å²) in [7, 11) is 1.80. The zero-order valence-corrected chi connectivity index (χ0v) is 9.45. The number of rotatable bonds is 7. The van der Waals surface area contributed by atoms with Crippen LogP contribution in [-0.2, 0) is 9.53 Å². The van der Waals surface area contributed by atoms with E-state index in [-0.39, 0.29) is 12.5 Å². The molecule has 0 spiro atoms. The summed E-state index contributed by atoms with van der Waals surface area (Å²) in [5.74, 6) is 0.648. The molecule has 0 aromatic rings. The van der Waals surface area contributed by atoms with Gasteiger partial charge in [0.1, 0.15) is 6.61 Å². The third-order valence-corrected chi connectivity index (χ3v) is 1.96. The van der Waals surface area contributed by atoms with Crippen LogP contribution in [-0.4, -0.2) is 44.2 Å². The Bertz CT molecular complexity index is 160. The monoisotopic (exact) mass is 202 g/mol. The fraction of sp³-hybridized carbons (Fsp3) is 0.900. The van der Waals surface area contributed by atoms with E-state index in [9.17, 15) is 4.79 Å². The Balaban J connectivity index is 3.54. The van der Waals surface area contributed by atoms with Gasteiger partial charge in [-0.2, -0.15) is 0 Å². The van der Waals surface area contributed by atoms with Crippen LogP contribution in [0.15, 0.2) is 0 Å². The van der Waals surface area contributed by atoms with Crippen molar-refractivity contribution in [2.75, 3.05) is 33.4 Å². The standard InChI is InChI=1S/C10H22N2O2/c1-9(2)4-6-12(3)10(13)8-14-7-5-11/h9H,4-8,11H2,1-3H3. The molecule has 0 aromatic carbocycles. The predicted molar refractivity (Wildman–Crippen MR) is 57.0 cm³/mol. The molecule has 0 atom stereocenters.